The van der Waals surface area contributed by atoms with Crippen LogP contribution in [0, 0.1) is 18.8 Å². The average Bonchev–Trinajstić information content (AvgIpc) is 3.73. The van der Waals surface area contributed by atoms with Crippen LogP contribution >= 0.6 is 0 Å². The van der Waals surface area contributed by atoms with Crippen LogP contribution in [0.25, 0.3) is 0 Å². The van der Waals surface area contributed by atoms with Gasteiger partial charge in [-0.3, -0.25) is 4.98 Å². The molecule has 2 aromatic carbocycles. The Balaban J connectivity index is 1.27. The van der Waals surface area contributed by atoms with Gasteiger partial charge in [0.1, 0.15) is 12.4 Å². The molecule has 3 heteroatoms. The third-order valence-electron chi connectivity index (χ3n) is 9.41. The summed E-state index contributed by atoms with van der Waals surface area (Å²) < 4.78 is 6.24. The van der Waals surface area contributed by atoms with Gasteiger partial charge in [-0.1, -0.05) is 55.3 Å². The van der Waals surface area contributed by atoms with Crippen LogP contribution in [0.3, 0.4) is 0 Å². The molecule has 3 atom stereocenters. The molecular weight excluding hydrogens is 442 g/mol. The van der Waals surface area contributed by atoms with E-state index in [2.05, 4.69) is 59.6 Å². The van der Waals surface area contributed by atoms with Crippen molar-refractivity contribution >= 4 is 0 Å². The quantitative estimate of drug-likeness (QED) is 0.372. The van der Waals surface area contributed by atoms with Crippen LogP contribution in [0.4, 0.5) is 0 Å². The van der Waals surface area contributed by atoms with Gasteiger partial charge >= 0.3 is 0 Å². The summed E-state index contributed by atoms with van der Waals surface area (Å²) in [6.45, 7) is 2.58. The van der Waals surface area contributed by atoms with Crippen molar-refractivity contribution in [3.63, 3.8) is 0 Å². The molecule has 0 saturated heterocycles. The molecule has 0 radical (unpaired) electrons. The number of rotatable bonds is 8. The van der Waals surface area contributed by atoms with Crippen molar-refractivity contribution in [1.29, 1.82) is 0 Å². The molecule has 0 aliphatic heterocycles. The molecule has 0 unspecified atom stereocenters. The fraction of sp³-hybridized carbons (Fsp3) is 0.485. The van der Waals surface area contributed by atoms with Gasteiger partial charge in [-0.25, -0.2) is 0 Å². The lowest BCUT2D eigenvalue weighted by molar-refractivity contribution is -0.0581. The van der Waals surface area contributed by atoms with Gasteiger partial charge in [0.05, 0.1) is 5.60 Å². The largest absolute Gasteiger partial charge is 0.489 e. The van der Waals surface area contributed by atoms with Crippen molar-refractivity contribution in [2.45, 2.75) is 88.8 Å². The van der Waals surface area contributed by atoms with E-state index in [4.69, 9.17) is 4.74 Å². The Morgan fingerprint density at radius 2 is 1.86 bits per heavy atom. The summed E-state index contributed by atoms with van der Waals surface area (Å²) in [5.74, 6) is 2.35. The Morgan fingerprint density at radius 3 is 2.67 bits per heavy atom. The molecule has 1 N–H and O–H groups in total. The minimum Gasteiger partial charge on any atom is -0.489 e. The zero-order chi connectivity index (χ0) is 24.6. The molecule has 3 aromatic rings. The first kappa shape index (κ1) is 23.7. The molecular formula is C33H39NO2. The van der Waals surface area contributed by atoms with Crippen molar-refractivity contribution in [3.8, 4) is 5.75 Å². The topological polar surface area (TPSA) is 42.4 Å². The molecule has 3 aliphatic carbocycles. The lowest BCUT2D eigenvalue weighted by Gasteiger charge is -2.53. The van der Waals surface area contributed by atoms with E-state index in [0.29, 0.717) is 12.5 Å². The maximum absolute atomic E-state index is 11.6. The molecule has 2 fully saturated rings. The number of aromatic nitrogens is 1. The van der Waals surface area contributed by atoms with Crippen LogP contribution in [0.15, 0.2) is 66.9 Å². The van der Waals surface area contributed by atoms with Crippen molar-refractivity contribution in [1.82, 2.24) is 4.98 Å². The summed E-state index contributed by atoms with van der Waals surface area (Å²) >= 11 is 0. The van der Waals surface area contributed by atoms with Gasteiger partial charge in [-0.15, -0.1) is 0 Å². The molecule has 2 saturated carbocycles. The second-order valence-corrected chi connectivity index (χ2v) is 11.8. The molecule has 1 aromatic heterocycles. The monoisotopic (exact) mass is 481 g/mol. The minimum absolute atomic E-state index is 0.0964. The molecule has 3 aliphatic rings. The van der Waals surface area contributed by atoms with Crippen LogP contribution in [-0.2, 0) is 24.9 Å². The second-order valence-electron chi connectivity index (χ2n) is 11.8. The Morgan fingerprint density at radius 1 is 1.00 bits per heavy atom. The van der Waals surface area contributed by atoms with Crippen molar-refractivity contribution in [2.75, 3.05) is 0 Å². The van der Waals surface area contributed by atoms with E-state index in [9.17, 15) is 5.11 Å². The number of benzene rings is 2. The summed E-state index contributed by atoms with van der Waals surface area (Å²) in [5.41, 5.74) is 6.12. The van der Waals surface area contributed by atoms with Gasteiger partial charge in [-0.05, 0) is 105 Å². The Hall–Kier alpha value is -2.65. The normalized spacial score (nSPS) is 27.2. The Kier molecular flexibility index (Phi) is 6.37. The van der Waals surface area contributed by atoms with Crippen LogP contribution in [-0.4, -0.2) is 15.7 Å². The highest BCUT2D eigenvalue weighted by molar-refractivity contribution is 5.45. The number of ether oxygens (including phenoxy) is 1. The van der Waals surface area contributed by atoms with Gasteiger partial charge in [0.2, 0.25) is 0 Å². The summed E-state index contributed by atoms with van der Waals surface area (Å²) in [5, 5.41) is 11.6. The predicted molar refractivity (Wildman–Crippen MR) is 144 cm³/mol. The van der Waals surface area contributed by atoms with Gasteiger partial charge in [0, 0.05) is 22.9 Å². The van der Waals surface area contributed by atoms with Gasteiger partial charge in [-0.2, -0.15) is 0 Å². The standard InChI is InChI=1S/C33H39NO2/c1-24-28(8-5-19-34-24)23-36-30-13-14-31-27(20-30)11-12-29-22-32(35,16-15-25-9-10-25)17-18-33(29,31)21-26-6-3-2-4-7-26/h2-8,13-14,19-20,25,29,35H,9-12,15-18,21-23H2,1H3/t29-,32-,33+/m1/s1. The third kappa shape index (κ3) is 4.83. The van der Waals surface area contributed by atoms with Crippen molar-refractivity contribution < 1.29 is 9.84 Å². The number of nitrogens with zero attached hydrogens (tertiary/aromatic N) is 1. The highest BCUT2D eigenvalue weighted by atomic mass is 16.5. The van der Waals surface area contributed by atoms with E-state index in [-0.39, 0.29) is 5.41 Å². The zero-order valence-corrected chi connectivity index (χ0v) is 21.6. The number of fused-ring (bicyclic) bond motifs is 3. The summed E-state index contributed by atoms with van der Waals surface area (Å²) in [4.78, 5) is 4.39. The molecule has 0 amide bonds. The summed E-state index contributed by atoms with van der Waals surface area (Å²) in [6, 6.07) is 21.9. The number of aliphatic hydroxyl groups is 1. The number of pyridine rings is 1. The lowest BCUT2D eigenvalue weighted by atomic mass is 9.52. The van der Waals surface area contributed by atoms with E-state index < -0.39 is 5.60 Å². The van der Waals surface area contributed by atoms with E-state index >= 15 is 0 Å². The number of hydrogen-bond acceptors (Lipinski definition) is 3. The molecule has 0 spiro atoms. The van der Waals surface area contributed by atoms with Gasteiger partial charge in [0.25, 0.3) is 0 Å². The molecule has 6 rings (SSSR count). The van der Waals surface area contributed by atoms with E-state index in [0.717, 1.165) is 67.9 Å². The first-order valence-electron chi connectivity index (χ1n) is 14.0. The molecule has 0 bridgehead atoms. The summed E-state index contributed by atoms with van der Waals surface area (Å²) in [6.07, 6.45) is 13.0. The number of aryl methyl sites for hydroxylation is 2. The van der Waals surface area contributed by atoms with Crippen LogP contribution in [0.1, 0.15) is 79.3 Å². The van der Waals surface area contributed by atoms with Crippen molar-refractivity contribution in [3.05, 3.63) is 94.8 Å². The van der Waals surface area contributed by atoms with Gasteiger partial charge in [0.15, 0.2) is 0 Å². The van der Waals surface area contributed by atoms with Crippen molar-refractivity contribution in [2.24, 2.45) is 11.8 Å². The van der Waals surface area contributed by atoms with Gasteiger partial charge < -0.3 is 9.84 Å². The maximum atomic E-state index is 11.6. The average molecular weight is 482 g/mol. The second kappa shape index (κ2) is 9.67. The number of hydrogen-bond donors (Lipinski definition) is 1. The Bertz CT molecular complexity index is 1200. The third-order valence-corrected chi connectivity index (χ3v) is 9.41. The summed E-state index contributed by atoms with van der Waals surface area (Å²) in [7, 11) is 0. The molecule has 1 heterocycles. The minimum atomic E-state index is -0.477. The highest BCUT2D eigenvalue weighted by Gasteiger charge is 2.51. The fourth-order valence-electron chi connectivity index (χ4n) is 7.06. The smallest absolute Gasteiger partial charge is 0.120 e. The first-order valence-corrected chi connectivity index (χ1v) is 14.0. The maximum Gasteiger partial charge on any atom is 0.120 e. The predicted octanol–water partition coefficient (Wildman–Crippen LogP) is 7.12. The zero-order valence-electron chi connectivity index (χ0n) is 21.6. The molecule has 188 valence electrons. The van der Waals surface area contributed by atoms with Crippen LogP contribution in [0.5, 0.6) is 5.75 Å². The first-order chi connectivity index (χ1) is 17.5. The van der Waals surface area contributed by atoms with E-state index in [1.165, 1.54) is 36.0 Å². The molecule has 3 nitrogen and oxygen atoms in total. The van der Waals surface area contributed by atoms with Crippen LogP contribution < -0.4 is 4.74 Å². The van der Waals surface area contributed by atoms with E-state index in [1.807, 2.05) is 19.2 Å². The highest BCUT2D eigenvalue weighted by Crippen LogP contribution is 2.56. The SMILES string of the molecule is Cc1ncccc1COc1ccc2c(c1)CC[C@@H]1C[C@@](O)(CCC3CC3)CC[C@@]21Cc1ccccc1. The Labute approximate surface area is 215 Å². The van der Waals surface area contributed by atoms with E-state index in [1.54, 1.807) is 0 Å². The fourth-order valence-corrected chi connectivity index (χ4v) is 7.06. The lowest BCUT2D eigenvalue weighted by Crippen LogP contribution is -2.51. The molecule has 36 heavy (non-hydrogen) atoms. The van der Waals surface area contributed by atoms with Crippen LogP contribution in [0.2, 0.25) is 0 Å².